The van der Waals surface area contributed by atoms with E-state index in [0.717, 1.165) is 6.07 Å². The molecule has 3 N–H and O–H groups in total. The highest BCUT2D eigenvalue weighted by Crippen LogP contribution is 2.18. The molecular formula is C14H19F2NO2. The van der Waals surface area contributed by atoms with E-state index in [9.17, 15) is 13.6 Å². The first-order valence-corrected chi connectivity index (χ1v) is 6.30. The van der Waals surface area contributed by atoms with Crippen molar-refractivity contribution in [3.8, 4) is 0 Å². The zero-order valence-corrected chi connectivity index (χ0v) is 10.9. The van der Waals surface area contributed by atoms with Crippen LogP contribution in [0.5, 0.6) is 0 Å². The Balaban J connectivity index is 2.43. The Bertz CT molecular complexity index is 437. The molecule has 0 aliphatic carbocycles. The van der Waals surface area contributed by atoms with Crippen LogP contribution in [0.1, 0.15) is 31.7 Å². The van der Waals surface area contributed by atoms with Crippen molar-refractivity contribution in [1.29, 1.82) is 0 Å². The molecule has 1 rings (SSSR count). The molecule has 106 valence electrons. The summed E-state index contributed by atoms with van der Waals surface area (Å²) in [5, 5.41) is 8.60. The molecule has 1 aromatic rings. The van der Waals surface area contributed by atoms with E-state index in [2.05, 4.69) is 0 Å². The van der Waals surface area contributed by atoms with Gasteiger partial charge in [0.25, 0.3) is 0 Å². The summed E-state index contributed by atoms with van der Waals surface area (Å²) >= 11 is 0. The second-order valence-electron chi connectivity index (χ2n) is 4.95. The minimum atomic E-state index is -0.920. The fourth-order valence-corrected chi connectivity index (χ4v) is 2.09. The number of aliphatic carboxylic acids is 1. The Labute approximate surface area is 111 Å². The second-order valence-corrected chi connectivity index (χ2v) is 4.95. The van der Waals surface area contributed by atoms with Gasteiger partial charge in [-0.2, -0.15) is 0 Å². The van der Waals surface area contributed by atoms with Crippen LogP contribution >= 0.6 is 0 Å². The third-order valence-electron chi connectivity index (χ3n) is 3.08. The van der Waals surface area contributed by atoms with Crippen molar-refractivity contribution >= 4 is 5.97 Å². The molecule has 1 aromatic carbocycles. The van der Waals surface area contributed by atoms with E-state index >= 15 is 0 Å². The molecule has 0 radical (unpaired) electrons. The highest BCUT2D eigenvalue weighted by Gasteiger charge is 2.14. The van der Waals surface area contributed by atoms with Crippen LogP contribution in [0.3, 0.4) is 0 Å². The predicted molar refractivity (Wildman–Crippen MR) is 68.7 cm³/mol. The summed E-state index contributed by atoms with van der Waals surface area (Å²) in [6.07, 6.45) is 1.56. The topological polar surface area (TPSA) is 63.3 Å². The van der Waals surface area contributed by atoms with Crippen LogP contribution in [-0.4, -0.2) is 17.1 Å². The third-order valence-corrected chi connectivity index (χ3v) is 3.08. The second kappa shape index (κ2) is 7.19. The van der Waals surface area contributed by atoms with Gasteiger partial charge in [-0.25, -0.2) is 8.78 Å². The number of carboxylic acids is 1. The van der Waals surface area contributed by atoms with E-state index in [1.807, 2.05) is 6.92 Å². The largest absolute Gasteiger partial charge is 0.481 e. The molecule has 3 nitrogen and oxygen atoms in total. The normalized spacial score (nSPS) is 14.1. The van der Waals surface area contributed by atoms with Crippen molar-refractivity contribution in [2.24, 2.45) is 11.7 Å². The van der Waals surface area contributed by atoms with E-state index in [0.29, 0.717) is 24.8 Å². The molecule has 19 heavy (non-hydrogen) atoms. The summed E-state index contributed by atoms with van der Waals surface area (Å²) in [5.41, 5.74) is 6.03. The van der Waals surface area contributed by atoms with Crippen LogP contribution in [0.25, 0.3) is 0 Å². The fraction of sp³-hybridized carbons (Fsp3) is 0.500. The summed E-state index contributed by atoms with van der Waals surface area (Å²) in [6.45, 7) is 1.93. The van der Waals surface area contributed by atoms with Crippen LogP contribution in [-0.2, 0) is 11.2 Å². The fourth-order valence-electron chi connectivity index (χ4n) is 2.09. The molecule has 2 atom stereocenters. The van der Waals surface area contributed by atoms with Crippen LogP contribution in [0, 0.1) is 17.6 Å². The highest BCUT2D eigenvalue weighted by atomic mass is 19.2. The first-order valence-electron chi connectivity index (χ1n) is 6.30. The van der Waals surface area contributed by atoms with Crippen LogP contribution in [0.15, 0.2) is 18.2 Å². The number of hydrogen-bond donors (Lipinski definition) is 2. The van der Waals surface area contributed by atoms with E-state index in [-0.39, 0.29) is 12.3 Å². The Morgan fingerprint density at radius 1 is 1.42 bits per heavy atom. The molecule has 0 spiro atoms. The molecule has 2 unspecified atom stereocenters. The number of carboxylic acid groups (broad SMARTS) is 1. The quantitative estimate of drug-likeness (QED) is 0.801. The summed E-state index contributed by atoms with van der Waals surface area (Å²) in [5.74, 6) is -2.40. The molecule has 0 aromatic heterocycles. The number of aryl methyl sites for hydroxylation is 1. The van der Waals surface area contributed by atoms with Crippen LogP contribution < -0.4 is 5.73 Å². The van der Waals surface area contributed by atoms with Gasteiger partial charge in [0.15, 0.2) is 11.6 Å². The van der Waals surface area contributed by atoms with Gasteiger partial charge in [0.2, 0.25) is 0 Å². The average molecular weight is 271 g/mol. The summed E-state index contributed by atoms with van der Waals surface area (Å²) in [7, 11) is 0. The maximum atomic E-state index is 13.4. The molecule has 0 fully saturated rings. The minimum absolute atomic E-state index is 0.0708. The monoisotopic (exact) mass is 271 g/mol. The van der Waals surface area contributed by atoms with Gasteiger partial charge < -0.3 is 10.8 Å². The zero-order valence-electron chi connectivity index (χ0n) is 10.9. The lowest BCUT2D eigenvalue weighted by Crippen LogP contribution is -2.26. The summed E-state index contributed by atoms with van der Waals surface area (Å²) in [4.78, 5) is 10.5. The predicted octanol–water partition coefficient (Wildman–Crippen LogP) is 2.73. The number of benzene rings is 1. The maximum Gasteiger partial charge on any atom is 0.304 e. The van der Waals surface area contributed by atoms with E-state index < -0.39 is 23.6 Å². The van der Waals surface area contributed by atoms with Crippen molar-refractivity contribution in [2.75, 3.05) is 0 Å². The minimum Gasteiger partial charge on any atom is -0.481 e. The van der Waals surface area contributed by atoms with Crippen molar-refractivity contribution in [1.82, 2.24) is 0 Å². The van der Waals surface area contributed by atoms with Crippen LogP contribution in [0.4, 0.5) is 8.78 Å². The number of halogens is 2. The van der Waals surface area contributed by atoms with Gasteiger partial charge in [-0.05, 0) is 36.8 Å². The van der Waals surface area contributed by atoms with Gasteiger partial charge in [-0.15, -0.1) is 0 Å². The number of nitrogens with two attached hydrogens (primary N) is 1. The van der Waals surface area contributed by atoms with Crippen molar-refractivity contribution in [3.63, 3.8) is 0 Å². The van der Waals surface area contributed by atoms with E-state index in [4.69, 9.17) is 10.8 Å². The molecule has 0 aliphatic heterocycles. The molecule has 0 saturated heterocycles. The molecular weight excluding hydrogens is 252 g/mol. The average Bonchev–Trinajstić information content (AvgIpc) is 2.30. The lowest BCUT2D eigenvalue weighted by atomic mass is 9.93. The SMILES string of the molecule is CC(CCc1cccc(F)c1F)CC(N)CC(=O)O. The Hall–Kier alpha value is -1.49. The molecule has 0 aliphatic rings. The molecule has 0 amide bonds. The van der Waals surface area contributed by atoms with Gasteiger partial charge in [0, 0.05) is 6.04 Å². The first kappa shape index (κ1) is 15.6. The van der Waals surface area contributed by atoms with Gasteiger partial charge in [0.05, 0.1) is 6.42 Å². The standard InChI is InChI=1S/C14H19F2NO2/c1-9(7-11(17)8-13(18)19)5-6-10-3-2-4-12(15)14(10)16/h2-4,9,11H,5-8,17H2,1H3,(H,18,19). The Morgan fingerprint density at radius 2 is 2.11 bits per heavy atom. The molecule has 0 bridgehead atoms. The Morgan fingerprint density at radius 3 is 2.74 bits per heavy atom. The van der Waals surface area contributed by atoms with E-state index in [1.165, 1.54) is 6.07 Å². The number of hydrogen-bond acceptors (Lipinski definition) is 2. The summed E-state index contributed by atoms with van der Waals surface area (Å²) in [6, 6.07) is 3.73. The van der Waals surface area contributed by atoms with Crippen LogP contribution in [0.2, 0.25) is 0 Å². The maximum absolute atomic E-state index is 13.4. The first-order chi connectivity index (χ1) is 8.90. The van der Waals surface area contributed by atoms with E-state index in [1.54, 1.807) is 6.07 Å². The van der Waals surface area contributed by atoms with Gasteiger partial charge in [-0.1, -0.05) is 19.1 Å². The van der Waals surface area contributed by atoms with Crippen molar-refractivity contribution in [3.05, 3.63) is 35.4 Å². The van der Waals surface area contributed by atoms with Gasteiger partial charge in [-0.3, -0.25) is 4.79 Å². The smallest absolute Gasteiger partial charge is 0.304 e. The van der Waals surface area contributed by atoms with Gasteiger partial charge >= 0.3 is 5.97 Å². The lowest BCUT2D eigenvalue weighted by molar-refractivity contribution is -0.137. The highest BCUT2D eigenvalue weighted by molar-refractivity contribution is 5.67. The Kier molecular flexibility index (Phi) is 5.89. The lowest BCUT2D eigenvalue weighted by Gasteiger charge is -2.16. The summed E-state index contributed by atoms with van der Waals surface area (Å²) < 4.78 is 26.4. The molecule has 0 saturated carbocycles. The van der Waals surface area contributed by atoms with Crippen molar-refractivity contribution < 1.29 is 18.7 Å². The van der Waals surface area contributed by atoms with Crippen molar-refractivity contribution in [2.45, 2.75) is 38.6 Å². The third kappa shape index (κ3) is 5.34. The molecule has 5 heteroatoms. The molecule has 0 heterocycles. The number of rotatable bonds is 7. The zero-order chi connectivity index (χ0) is 14.4. The number of carbonyl (C=O) groups is 1. The van der Waals surface area contributed by atoms with Gasteiger partial charge in [0.1, 0.15) is 0 Å².